The van der Waals surface area contributed by atoms with E-state index < -0.39 is 35.6 Å². The summed E-state index contributed by atoms with van der Waals surface area (Å²) in [5.41, 5.74) is 1.66. The number of halogens is 3. The van der Waals surface area contributed by atoms with Crippen molar-refractivity contribution >= 4 is 33.7 Å². The van der Waals surface area contributed by atoms with Crippen LogP contribution in [0.4, 0.5) is 8.78 Å². The van der Waals surface area contributed by atoms with Crippen LogP contribution in [-0.2, 0) is 6.61 Å². The van der Waals surface area contributed by atoms with Gasteiger partial charge in [0.15, 0.2) is 0 Å². The SMILES string of the molecule is Cc1cn[c]([Sn]([CH3])([CH3])[CH3])cc1-n1c(C)cc(OCc2ncc(F)cc2F)c(Cl)c1=O. The van der Waals surface area contributed by atoms with E-state index in [1.807, 2.05) is 13.0 Å². The Morgan fingerprint density at radius 1 is 1.10 bits per heavy atom. The zero-order valence-electron chi connectivity index (χ0n) is 17.4. The molecule has 0 saturated carbocycles. The third kappa shape index (κ3) is 4.67. The Hall–Kier alpha value is -2.00. The van der Waals surface area contributed by atoms with Crippen LogP contribution in [0.1, 0.15) is 17.0 Å². The second kappa shape index (κ2) is 8.62. The van der Waals surface area contributed by atoms with E-state index in [0.29, 0.717) is 5.69 Å². The average Bonchev–Trinajstić information content (AvgIpc) is 2.65. The van der Waals surface area contributed by atoms with E-state index in [2.05, 4.69) is 24.8 Å². The molecular weight excluding hydrogens is 518 g/mol. The second-order valence-corrected chi connectivity index (χ2v) is 22.8. The summed E-state index contributed by atoms with van der Waals surface area (Å²) in [6, 6.07) is 4.31. The Balaban J connectivity index is 2.01. The van der Waals surface area contributed by atoms with Crippen LogP contribution in [0.2, 0.25) is 19.8 Å². The van der Waals surface area contributed by atoms with Gasteiger partial charge in [-0.25, -0.2) is 4.39 Å². The quantitative estimate of drug-likeness (QED) is 0.453. The van der Waals surface area contributed by atoms with Crippen molar-refractivity contribution in [3.8, 4) is 11.4 Å². The zero-order chi connectivity index (χ0) is 22.2. The minimum atomic E-state index is -2.46. The van der Waals surface area contributed by atoms with Crippen molar-refractivity contribution in [2.75, 3.05) is 0 Å². The van der Waals surface area contributed by atoms with Crippen LogP contribution in [0.25, 0.3) is 5.69 Å². The van der Waals surface area contributed by atoms with Crippen molar-refractivity contribution in [1.29, 1.82) is 0 Å². The fourth-order valence-corrected chi connectivity index (χ4v) is 6.05. The second-order valence-electron chi connectivity index (χ2n) is 8.08. The number of pyridine rings is 3. The predicted molar refractivity (Wildman–Crippen MR) is 116 cm³/mol. The molecule has 30 heavy (non-hydrogen) atoms. The zero-order valence-corrected chi connectivity index (χ0v) is 21.0. The molecule has 3 aromatic heterocycles. The average molecular weight is 541 g/mol. The molecular formula is C21H22ClF2N3O2Sn. The van der Waals surface area contributed by atoms with Gasteiger partial charge in [-0.2, -0.15) is 0 Å². The van der Waals surface area contributed by atoms with Crippen molar-refractivity contribution in [2.24, 2.45) is 0 Å². The summed E-state index contributed by atoms with van der Waals surface area (Å²) >= 11 is 3.84. The molecule has 0 aliphatic heterocycles. The van der Waals surface area contributed by atoms with Crippen LogP contribution in [0.3, 0.4) is 0 Å². The number of aryl methyl sites for hydroxylation is 2. The van der Waals surface area contributed by atoms with Gasteiger partial charge in [0.1, 0.15) is 5.82 Å². The van der Waals surface area contributed by atoms with Crippen LogP contribution in [0.15, 0.2) is 35.4 Å². The summed E-state index contributed by atoms with van der Waals surface area (Å²) in [6.07, 6.45) is 2.68. The van der Waals surface area contributed by atoms with Gasteiger partial charge in [0.05, 0.1) is 0 Å². The van der Waals surface area contributed by atoms with Crippen molar-refractivity contribution < 1.29 is 13.5 Å². The standard InChI is InChI=1S/C18H13ClF2N3O2.3CH3.Sn/c1-10-7-22-4-3-15(10)24-11(2)5-16(17(19)18(24)25)26-9-14-13(21)6-12(20)8-23-14;;;;/h3,5-8H,9H2,1-2H3;3*1H3;. The molecule has 0 aliphatic rings. The number of rotatable bonds is 5. The van der Waals surface area contributed by atoms with Gasteiger partial charge in [-0.1, -0.05) is 0 Å². The molecule has 0 N–H and O–H groups in total. The van der Waals surface area contributed by atoms with Crippen molar-refractivity contribution in [3.63, 3.8) is 0 Å². The predicted octanol–water partition coefficient (Wildman–Crippen LogP) is 4.30. The molecule has 0 unspecified atom stereocenters. The van der Waals surface area contributed by atoms with Crippen LogP contribution in [-0.4, -0.2) is 32.9 Å². The van der Waals surface area contributed by atoms with Crippen LogP contribution in [0, 0.1) is 25.5 Å². The Labute approximate surface area is 182 Å². The first-order chi connectivity index (χ1) is 14.0. The van der Waals surface area contributed by atoms with Crippen molar-refractivity contribution in [2.45, 2.75) is 35.3 Å². The number of hydrogen-bond acceptors (Lipinski definition) is 4. The molecule has 0 atom stereocenters. The van der Waals surface area contributed by atoms with Gasteiger partial charge >= 0.3 is 173 Å². The first kappa shape index (κ1) is 22.7. The molecule has 0 saturated heterocycles. The fourth-order valence-electron chi connectivity index (χ4n) is 2.95. The molecule has 3 rings (SSSR count). The van der Waals surface area contributed by atoms with Gasteiger partial charge in [-0.05, 0) is 0 Å². The molecule has 9 heteroatoms. The molecule has 0 fully saturated rings. The molecule has 0 aromatic carbocycles. The van der Waals surface area contributed by atoms with Gasteiger partial charge < -0.3 is 0 Å². The molecule has 0 radical (unpaired) electrons. The number of aromatic nitrogens is 3. The Kier molecular flexibility index (Phi) is 6.52. The molecule has 0 spiro atoms. The van der Waals surface area contributed by atoms with Crippen LogP contribution >= 0.6 is 11.6 Å². The Morgan fingerprint density at radius 3 is 2.43 bits per heavy atom. The van der Waals surface area contributed by atoms with Gasteiger partial charge in [0.2, 0.25) is 0 Å². The summed E-state index contributed by atoms with van der Waals surface area (Å²) < 4.78 is 34.9. The van der Waals surface area contributed by atoms with E-state index in [1.54, 1.807) is 19.2 Å². The van der Waals surface area contributed by atoms with Gasteiger partial charge in [0, 0.05) is 0 Å². The van der Waals surface area contributed by atoms with Gasteiger partial charge in [-0.15, -0.1) is 0 Å². The number of nitrogens with zero attached hydrogens (tertiary/aromatic N) is 3. The Bertz CT molecular complexity index is 1180. The third-order valence-corrected chi connectivity index (χ3v) is 10.1. The fraction of sp³-hybridized carbons (Fsp3) is 0.286. The van der Waals surface area contributed by atoms with Gasteiger partial charge in [-0.3, -0.25) is 0 Å². The van der Waals surface area contributed by atoms with E-state index in [9.17, 15) is 13.6 Å². The molecule has 3 aromatic rings. The van der Waals surface area contributed by atoms with E-state index in [1.165, 1.54) is 4.57 Å². The molecule has 158 valence electrons. The normalized spacial score (nSPS) is 11.6. The van der Waals surface area contributed by atoms with Gasteiger partial charge in [0.25, 0.3) is 0 Å². The number of ether oxygens (including phenoxy) is 1. The molecule has 0 bridgehead atoms. The first-order valence-corrected chi connectivity index (χ1v) is 19.7. The maximum absolute atomic E-state index is 13.8. The maximum atomic E-state index is 13.8. The van der Waals surface area contributed by atoms with Crippen molar-refractivity contribution in [1.82, 2.24) is 14.5 Å². The summed E-state index contributed by atoms with van der Waals surface area (Å²) in [6.45, 7) is 3.37. The monoisotopic (exact) mass is 541 g/mol. The number of hydrogen-bond donors (Lipinski definition) is 0. The molecule has 0 aliphatic carbocycles. The summed E-state index contributed by atoms with van der Waals surface area (Å²) in [4.78, 5) is 28.0. The van der Waals surface area contributed by atoms with E-state index in [-0.39, 0.29) is 23.1 Å². The Morgan fingerprint density at radius 2 is 1.80 bits per heavy atom. The van der Waals surface area contributed by atoms with E-state index in [4.69, 9.17) is 16.3 Å². The molecule has 3 heterocycles. The van der Waals surface area contributed by atoms with Crippen LogP contribution < -0.4 is 14.0 Å². The molecule has 0 amide bonds. The summed E-state index contributed by atoms with van der Waals surface area (Å²) in [5.74, 6) is -1.49. The molecule has 5 nitrogen and oxygen atoms in total. The van der Waals surface area contributed by atoms with E-state index in [0.717, 1.165) is 27.2 Å². The van der Waals surface area contributed by atoms with Crippen LogP contribution in [0.5, 0.6) is 5.75 Å². The summed E-state index contributed by atoms with van der Waals surface area (Å²) in [7, 11) is 0. The first-order valence-electron chi connectivity index (χ1n) is 9.31. The minimum absolute atomic E-state index is 0.0819. The topological polar surface area (TPSA) is 57.0 Å². The van der Waals surface area contributed by atoms with Crippen molar-refractivity contribution in [3.05, 3.63) is 74.6 Å². The third-order valence-electron chi connectivity index (χ3n) is 4.63. The summed E-state index contributed by atoms with van der Waals surface area (Å²) in [5, 5.41) is -0.125. The van der Waals surface area contributed by atoms with E-state index >= 15 is 0 Å².